The number of aromatic nitrogens is 1. The Labute approximate surface area is 98.6 Å². The number of alkyl carbamates (subject to hydrolysis) is 1. The van der Waals surface area contributed by atoms with Crippen LogP contribution in [0.3, 0.4) is 0 Å². The maximum atomic E-state index is 11.0. The topological polar surface area (TPSA) is 51.2 Å². The number of nitrogens with zero attached hydrogens (tertiary/aromatic N) is 1. The van der Waals surface area contributed by atoms with Gasteiger partial charge in [-0.15, -0.1) is 0 Å². The summed E-state index contributed by atoms with van der Waals surface area (Å²) in [6.45, 7) is 2.36. The molecular formula is C13H12N2O2. The van der Waals surface area contributed by atoms with Gasteiger partial charge in [0, 0.05) is 11.1 Å². The number of fused-ring (bicyclic) bond motifs is 1. The second-order valence-corrected chi connectivity index (χ2v) is 4.20. The first-order chi connectivity index (χ1) is 8.22. The molecule has 1 saturated heterocycles. The van der Waals surface area contributed by atoms with E-state index >= 15 is 0 Å². The van der Waals surface area contributed by atoms with E-state index in [1.807, 2.05) is 37.3 Å². The molecule has 1 aromatic carbocycles. The molecule has 1 N–H and O–H groups in total. The molecule has 17 heavy (non-hydrogen) atoms. The van der Waals surface area contributed by atoms with E-state index in [0.717, 1.165) is 22.2 Å². The summed E-state index contributed by atoms with van der Waals surface area (Å²) in [5, 5.41) is 3.84. The molecule has 0 spiro atoms. The van der Waals surface area contributed by atoms with Crippen LogP contribution in [0.5, 0.6) is 0 Å². The van der Waals surface area contributed by atoms with Crippen LogP contribution in [-0.2, 0) is 4.74 Å². The van der Waals surface area contributed by atoms with Crippen molar-refractivity contribution in [2.75, 3.05) is 6.61 Å². The van der Waals surface area contributed by atoms with Crippen LogP contribution in [0, 0.1) is 6.92 Å². The van der Waals surface area contributed by atoms with Crippen molar-refractivity contribution in [1.29, 1.82) is 0 Å². The molecule has 4 nitrogen and oxygen atoms in total. The molecule has 2 aromatic rings. The van der Waals surface area contributed by atoms with Crippen LogP contribution in [-0.4, -0.2) is 17.7 Å². The molecule has 1 unspecified atom stereocenters. The third kappa shape index (κ3) is 1.82. The van der Waals surface area contributed by atoms with Crippen molar-refractivity contribution >= 4 is 17.0 Å². The second-order valence-electron chi connectivity index (χ2n) is 4.20. The summed E-state index contributed by atoms with van der Waals surface area (Å²) >= 11 is 0. The Morgan fingerprint density at radius 3 is 3.00 bits per heavy atom. The van der Waals surface area contributed by atoms with Gasteiger partial charge < -0.3 is 10.1 Å². The maximum Gasteiger partial charge on any atom is 0.407 e. The van der Waals surface area contributed by atoms with Crippen LogP contribution in [0.15, 0.2) is 30.3 Å². The number of cyclic esters (lactones) is 1. The number of carbonyl (C=O) groups is 1. The minimum absolute atomic E-state index is 0.0480. The van der Waals surface area contributed by atoms with Crippen molar-refractivity contribution in [2.45, 2.75) is 13.0 Å². The molecule has 1 aromatic heterocycles. The summed E-state index contributed by atoms with van der Waals surface area (Å²) in [5.41, 5.74) is 3.02. The zero-order valence-corrected chi connectivity index (χ0v) is 9.43. The van der Waals surface area contributed by atoms with Crippen molar-refractivity contribution in [2.24, 2.45) is 0 Å². The highest BCUT2D eigenvalue weighted by molar-refractivity contribution is 5.80. The molecule has 0 aliphatic carbocycles. The Balaban J connectivity index is 2.02. The van der Waals surface area contributed by atoms with Crippen molar-refractivity contribution in [3.8, 4) is 0 Å². The summed E-state index contributed by atoms with van der Waals surface area (Å²) in [7, 11) is 0. The fourth-order valence-corrected chi connectivity index (χ4v) is 2.03. The fraction of sp³-hybridized carbons (Fsp3) is 0.231. The molecule has 4 heteroatoms. The molecule has 1 amide bonds. The van der Waals surface area contributed by atoms with Gasteiger partial charge in [0.05, 0.1) is 11.6 Å². The Morgan fingerprint density at radius 1 is 1.35 bits per heavy atom. The zero-order valence-electron chi connectivity index (χ0n) is 9.43. The number of amides is 1. The van der Waals surface area contributed by atoms with Crippen molar-refractivity contribution in [3.05, 3.63) is 41.6 Å². The lowest BCUT2D eigenvalue weighted by atomic mass is 10.0. The molecule has 0 radical (unpaired) electrons. The summed E-state index contributed by atoms with van der Waals surface area (Å²) < 4.78 is 4.89. The molecule has 0 bridgehead atoms. The summed E-state index contributed by atoms with van der Waals surface area (Å²) in [5.74, 6) is 0. The van der Waals surface area contributed by atoms with Gasteiger partial charge >= 0.3 is 6.09 Å². The Morgan fingerprint density at radius 2 is 2.24 bits per heavy atom. The van der Waals surface area contributed by atoms with Gasteiger partial charge in [0.2, 0.25) is 0 Å². The first-order valence-electron chi connectivity index (χ1n) is 5.53. The number of carbonyl (C=O) groups excluding carboxylic acids is 1. The van der Waals surface area contributed by atoms with E-state index in [0.29, 0.717) is 6.61 Å². The van der Waals surface area contributed by atoms with Gasteiger partial charge in [-0.3, -0.25) is 4.98 Å². The summed E-state index contributed by atoms with van der Waals surface area (Å²) in [4.78, 5) is 15.4. The predicted octanol–water partition coefficient (Wildman–Crippen LogP) is 2.32. The van der Waals surface area contributed by atoms with Gasteiger partial charge in [-0.1, -0.05) is 12.1 Å². The van der Waals surface area contributed by atoms with Crippen LogP contribution in [0.1, 0.15) is 17.3 Å². The summed E-state index contributed by atoms with van der Waals surface area (Å²) in [6.07, 6.45) is -0.350. The Hall–Kier alpha value is -2.10. The number of rotatable bonds is 1. The van der Waals surface area contributed by atoms with Crippen LogP contribution in [0.2, 0.25) is 0 Å². The van der Waals surface area contributed by atoms with Crippen molar-refractivity contribution in [1.82, 2.24) is 10.3 Å². The molecule has 1 atom stereocenters. The Kier molecular flexibility index (Phi) is 2.21. The van der Waals surface area contributed by atoms with E-state index in [1.54, 1.807) is 0 Å². The van der Waals surface area contributed by atoms with Crippen LogP contribution in [0.25, 0.3) is 10.9 Å². The highest BCUT2D eigenvalue weighted by Crippen LogP contribution is 2.22. The van der Waals surface area contributed by atoms with E-state index in [1.165, 1.54) is 0 Å². The van der Waals surface area contributed by atoms with Gasteiger partial charge in [0.25, 0.3) is 0 Å². The smallest absolute Gasteiger partial charge is 0.407 e. The average molecular weight is 228 g/mol. The number of nitrogens with one attached hydrogen (secondary N) is 1. The molecule has 2 heterocycles. The van der Waals surface area contributed by atoms with Crippen LogP contribution >= 0.6 is 0 Å². The lowest BCUT2D eigenvalue weighted by Crippen LogP contribution is -2.18. The first kappa shape index (κ1) is 10.1. The van der Waals surface area contributed by atoms with Gasteiger partial charge in [-0.05, 0) is 30.7 Å². The predicted molar refractivity (Wildman–Crippen MR) is 63.7 cm³/mol. The minimum Gasteiger partial charge on any atom is -0.447 e. The van der Waals surface area contributed by atoms with E-state index in [-0.39, 0.29) is 12.1 Å². The highest BCUT2D eigenvalue weighted by Gasteiger charge is 2.23. The molecular weight excluding hydrogens is 216 g/mol. The van der Waals surface area contributed by atoms with E-state index in [9.17, 15) is 4.79 Å². The molecule has 1 aliphatic heterocycles. The minimum atomic E-state index is -0.350. The maximum absolute atomic E-state index is 11.0. The number of ether oxygens (including phenoxy) is 1. The molecule has 3 rings (SSSR count). The van der Waals surface area contributed by atoms with Gasteiger partial charge in [0.1, 0.15) is 6.61 Å². The highest BCUT2D eigenvalue weighted by atomic mass is 16.6. The molecule has 0 saturated carbocycles. The van der Waals surface area contributed by atoms with Gasteiger partial charge in [-0.2, -0.15) is 0 Å². The molecule has 1 aliphatic rings. The largest absolute Gasteiger partial charge is 0.447 e. The zero-order chi connectivity index (χ0) is 11.8. The second kappa shape index (κ2) is 3.73. The van der Waals surface area contributed by atoms with Crippen LogP contribution < -0.4 is 5.32 Å². The van der Waals surface area contributed by atoms with E-state index in [2.05, 4.69) is 10.3 Å². The molecule has 86 valence electrons. The third-order valence-corrected chi connectivity index (χ3v) is 2.93. The SMILES string of the molecule is Cc1ccc2cc(C3COC(=O)N3)ccc2n1. The normalized spacial score (nSPS) is 19.1. The lowest BCUT2D eigenvalue weighted by Gasteiger charge is -2.08. The number of benzene rings is 1. The third-order valence-electron chi connectivity index (χ3n) is 2.93. The first-order valence-corrected chi connectivity index (χ1v) is 5.53. The number of pyridine rings is 1. The van der Waals surface area contributed by atoms with Crippen molar-refractivity contribution < 1.29 is 9.53 Å². The fourth-order valence-electron chi connectivity index (χ4n) is 2.03. The molecule has 1 fully saturated rings. The lowest BCUT2D eigenvalue weighted by molar-refractivity contribution is 0.177. The van der Waals surface area contributed by atoms with Gasteiger partial charge in [0.15, 0.2) is 0 Å². The van der Waals surface area contributed by atoms with Crippen LogP contribution in [0.4, 0.5) is 4.79 Å². The quantitative estimate of drug-likeness (QED) is 0.815. The number of hydrogen-bond acceptors (Lipinski definition) is 3. The summed E-state index contributed by atoms with van der Waals surface area (Å²) in [6, 6.07) is 9.97. The average Bonchev–Trinajstić information content (AvgIpc) is 2.75. The van der Waals surface area contributed by atoms with E-state index in [4.69, 9.17) is 4.74 Å². The Bertz CT molecular complexity index is 595. The monoisotopic (exact) mass is 228 g/mol. The van der Waals surface area contributed by atoms with Crippen molar-refractivity contribution in [3.63, 3.8) is 0 Å². The number of aryl methyl sites for hydroxylation is 1. The van der Waals surface area contributed by atoms with E-state index < -0.39 is 0 Å². The standard InChI is InChI=1S/C13H12N2O2/c1-8-2-3-9-6-10(4-5-11(9)14-8)12-7-17-13(16)15-12/h2-6,12H,7H2,1H3,(H,15,16). The van der Waals surface area contributed by atoms with Gasteiger partial charge in [-0.25, -0.2) is 4.79 Å². The number of hydrogen-bond donors (Lipinski definition) is 1.